The number of fused-ring (bicyclic) bond motifs is 1. The van der Waals surface area contributed by atoms with Crippen molar-refractivity contribution in [2.75, 3.05) is 37.6 Å². The molecule has 3 fully saturated rings. The van der Waals surface area contributed by atoms with E-state index in [1.807, 2.05) is 18.2 Å². The fourth-order valence-corrected chi connectivity index (χ4v) is 5.21. The normalized spacial score (nSPS) is 24.9. The first-order valence-electron chi connectivity index (χ1n) is 11.7. The number of rotatable bonds is 5. The number of urea groups is 1. The number of amides is 4. The summed E-state index contributed by atoms with van der Waals surface area (Å²) in [7, 11) is 0. The fourth-order valence-electron chi connectivity index (χ4n) is 5.21. The number of anilines is 1. The van der Waals surface area contributed by atoms with E-state index in [4.69, 9.17) is 0 Å². The molecule has 0 radical (unpaired) electrons. The van der Waals surface area contributed by atoms with Crippen molar-refractivity contribution in [3.63, 3.8) is 0 Å². The van der Waals surface area contributed by atoms with Crippen molar-refractivity contribution < 1.29 is 14.4 Å². The number of benzene rings is 1. The lowest BCUT2D eigenvalue weighted by atomic mass is 9.83. The third-order valence-electron chi connectivity index (χ3n) is 6.91. The molecule has 0 spiro atoms. The molecule has 3 aliphatic heterocycles. The van der Waals surface area contributed by atoms with Gasteiger partial charge in [-0.3, -0.25) is 19.8 Å². The lowest BCUT2D eigenvalue weighted by molar-refractivity contribution is -0.120. The summed E-state index contributed by atoms with van der Waals surface area (Å²) >= 11 is 0. The Labute approximate surface area is 184 Å². The van der Waals surface area contributed by atoms with Crippen LogP contribution in [0.5, 0.6) is 0 Å². The Hall–Kier alpha value is -2.41. The zero-order valence-corrected chi connectivity index (χ0v) is 18.7. The summed E-state index contributed by atoms with van der Waals surface area (Å²) in [5, 5.41) is 2.36. The van der Waals surface area contributed by atoms with Crippen LogP contribution in [-0.2, 0) is 4.79 Å². The average molecular weight is 427 g/mol. The molecule has 168 valence electrons. The molecule has 3 aliphatic rings. The Balaban J connectivity index is 1.50. The molecule has 7 heteroatoms. The van der Waals surface area contributed by atoms with Gasteiger partial charge in [0.25, 0.3) is 5.91 Å². The zero-order chi connectivity index (χ0) is 22.0. The van der Waals surface area contributed by atoms with Gasteiger partial charge in [0.05, 0.1) is 11.3 Å². The van der Waals surface area contributed by atoms with E-state index in [-0.39, 0.29) is 24.3 Å². The van der Waals surface area contributed by atoms with Gasteiger partial charge < -0.3 is 9.80 Å². The number of hydrogen-bond donors (Lipinski definition) is 1. The minimum atomic E-state index is -0.452. The molecule has 1 aromatic carbocycles. The molecule has 31 heavy (non-hydrogen) atoms. The Bertz CT molecular complexity index is 840. The molecule has 2 atom stereocenters. The number of nitrogens with zero attached hydrogens (tertiary/aromatic N) is 3. The summed E-state index contributed by atoms with van der Waals surface area (Å²) in [4.78, 5) is 43.8. The summed E-state index contributed by atoms with van der Waals surface area (Å²) in [6.07, 6.45) is 4.66. The van der Waals surface area contributed by atoms with E-state index in [1.165, 1.54) is 17.7 Å². The Kier molecular flexibility index (Phi) is 6.60. The second-order valence-corrected chi connectivity index (χ2v) is 9.51. The van der Waals surface area contributed by atoms with Gasteiger partial charge in [-0.2, -0.15) is 0 Å². The zero-order valence-electron chi connectivity index (χ0n) is 18.7. The van der Waals surface area contributed by atoms with Gasteiger partial charge >= 0.3 is 6.03 Å². The Morgan fingerprint density at radius 1 is 1.13 bits per heavy atom. The molecule has 1 N–H and O–H groups in total. The van der Waals surface area contributed by atoms with Crippen LogP contribution in [0.2, 0.25) is 0 Å². The van der Waals surface area contributed by atoms with Crippen LogP contribution < -0.4 is 10.2 Å². The van der Waals surface area contributed by atoms with Gasteiger partial charge in [-0.1, -0.05) is 26.0 Å². The first-order chi connectivity index (χ1) is 14.9. The molecule has 0 saturated carbocycles. The summed E-state index contributed by atoms with van der Waals surface area (Å²) < 4.78 is 0. The number of likely N-dealkylation sites (tertiary alicyclic amines) is 2. The van der Waals surface area contributed by atoms with Gasteiger partial charge in [-0.05, 0) is 56.2 Å². The van der Waals surface area contributed by atoms with Gasteiger partial charge in [0.15, 0.2) is 0 Å². The van der Waals surface area contributed by atoms with Crippen LogP contribution in [0.15, 0.2) is 24.3 Å². The van der Waals surface area contributed by atoms with Crippen molar-refractivity contribution >= 4 is 23.5 Å². The lowest BCUT2D eigenvalue weighted by Crippen LogP contribution is -2.56. The van der Waals surface area contributed by atoms with Gasteiger partial charge in [-0.25, -0.2) is 4.79 Å². The van der Waals surface area contributed by atoms with Gasteiger partial charge in [0.1, 0.15) is 0 Å². The molecule has 7 nitrogen and oxygen atoms in total. The minimum Gasteiger partial charge on any atom is -0.335 e. The van der Waals surface area contributed by atoms with E-state index in [0.29, 0.717) is 29.6 Å². The van der Waals surface area contributed by atoms with Crippen LogP contribution in [-0.4, -0.2) is 66.4 Å². The van der Waals surface area contributed by atoms with Gasteiger partial charge in [0.2, 0.25) is 5.91 Å². The van der Waals surface area contributed by atoms with E-state index < -0.39 is 6.03 Å². The first kappa shape index (κ1) is 21.8. The molecular formula is C24H34N4O3. The van der Waals surface area contributed by atoms with Gasteiger partial charge in [-0.15, -0.1) is 0 Å². The topological polar surface area (TPSA) is 73.0 Å². The quantitative estimate of drug-likeness (QED) is 0.785. The third kappa shape index (κ3) is 4.76. The highest BCUT2D eigenvalue weighted by atomic mass is 16.2. The molecule has 3 saturated heterocycles. The predicted molar refractivity (Wildman–Crippen MR) is 120 cm³/mol. The average Bonchev–Trinajstić information content (AvgIpc) is 2.76. The van der Waals surface area contributed by atoms with E-state index in [0.717, 1.165) is 39.0 Å². The summed E-state index contributed by atoms with van der Waals surface area (Å²) in [6, 6.07) is 7.11. The van der Waals surface area contributed by atoms with E-state index in [9.17, 15) is 14.4 Å². The van der Waals surface area contributed by atoms with Crippen LogP contribution in [0.1, 0.15) is 56.3 Å². The predicted octanol–water partition coefficient (Wildman–Crippen LogP) is 3.11. The molecule has 1 aromatic rings. The Morgan fingerprint density at radius 3 is 2.71 bits per heavy atom. The molecule has 0 unspecified atom stereocenters. The maximum atomic E-state index is 13.7. The van der Waals surface area contributed by atoms with Crippen molar-refractivity contribution in [1.29, 1.82) is 0 Å². The molecule has 3 heterocycles. The number of nitrogens with one attached hydrogen (secondary N) is 1. The highest BCUT2D eigenvalue weighted by Crippen LogP contribution is 2.33. The highest BCUT2D eigenvalue weighted by Gasteiger charge is 2.39. The van der Waals surface area contributed by atoms with Gasteiger partial charge in [0, 0.05) is 38.6 Å². The number of hydrogen-bond acceptors (Lipinski definition) is 4. The van der Waals surface area contributed by atoms with E-state index >= 15 is 0 Å². The number of carbonyl (C=O) groups excluding carboxylic acids is 3. The molecule has 4 rings (SSSR count). The number of imide groups is 1. The summed E-state index contributed by atoms with van der Waals surface area (Å²) in [6.45, 7) is 8.85. The first-order valence-corrected chi connectivity index (χ1v) is 11.7. The molecule has 0 aliphatic carbocycles. The second kappa shape index (κ2) is 9.39. The largest absolute Gasteiger partial charge is 0.335 e. The number of piperidine rings is 2. The van der Waals surface area contributed by atoms with Crippen molar-refractivity contribution in [1.82, 2.24) is 15.1 Å². The number of para-hydroxylation sites is 1. The van der Waals surface area contributed by atoms with E-state index in [1.54, 1.807) is 6.07 Å². The molecule has 0 bridgehead atoms. The SMILES string of the molecule is CC(C)CCN1CC[C@@H]2[C@H](CCCN2C(=O)c2ccccc2N2CCC(=O)NC2=O)C1. The summed E-state index contributed by atoms with van der Waals surface area (Å²) in [5.74, 6) is 0.960. The molecule has 4 amide bonds. The van der Waals surface area contributed by atoms with Crippen LogP contribution >= 0.6 is 0 Å². The smallest absolute Gasteiger partial charge is 0.328 e. The van der Waals surface area contributed by atoms with Crippen LogP contribution in [0, 0.1) is 11.8 Å². The highest BCUT2D eigenvalue weighted by molar-refractivity contribution is 6.09. The number of carbonyl (C=O) groups is 3. The van der Waals surface area contributed by atoms with Crippen LogP contribution in [0.3, 0.4) is 0 Å². The lowest BCUT2D eigenvalue weighted by Gasteiger charge is -2.47. The maximum absolute atomic E-state index is 13.7. The third-order valence-corrected chi connectivity index (χ3v) is 6.91. The van der Waals surface area contributed by atoms with Crippen LogP contribution in [0.4, 0.5) is 10.5 Å². The van der Waals surface area contributed by atoms with Crippen molar-refractivity contribution in [3.8, 4) is 0 Å². The van der Waals surface area contributed by atoms with Crippen molar-refractivity contribution in [3.05, 3.63) is 29.8 Å². The minimum absolute atomic E-state index is 0.00521. The maximum Gasteiger partial charge on any atom is 0.328 e. The van der Waals surface area contributed by atoms with Crippen molar-refractivity contribution in [2.45, 2.75) is 52.0 Å². The summed E-state index contributed by atoms with van der Waals surface area (Å²) in [5.41, 5.74) is 1.14. The van der Waals surface area contributed by atoms with Crippen LogP contribution in [0.25, 0.3) is 0 Å². The Morgan fingerprint density at radius 2 is 1.94 bits per heavy atom. The van der Waals surface area contributed by atoms with E-state index in [2.05, 4.69) is 29.0 Å². The monoisotopic (exact) mass is 426 g/mol. The second-order valence-electron chi connectivity index (χ2n) is 9.51. The molecular weight excluding hydrogens is 392 g/mol. The van der Waals surface area contributed by atoms with Crippen molar-refractivity contribution in [2.24, 2.45) is 11.8 Å². The fraction of sp³-hybridized carbons (Fsp3) is 0.625. The standard InChI is InChI=1S/C24H34N4O3/c1-17(2)9-13-26-14-10-20-18(16-26)6-5-12-27(20)23(30)19-7-3-4-8-21(19)28-15-11-22(29)25-24(28)31/h3-4,7-8,17-18,20H,5-6,9-16H2,1-2H3,(H,25,29,31)/t18-,20-/m1/s1. The molecule has 0 aromatic heterocycles.